The molecule has 2 N–H and O–H groups in total. The lowest BCUT2D eigenvalue weighted by Crippen LogP contribution is -2.30. The van der Waals surface area contributed by atoms with Gasteiger partial charge in [-0.3, -0.25) is 0 Å². The van der Waals surface area contributed by atoms with Crippen LogP contribution in [0.4, 0.5) is 5.69 Å². The zero-order chi connectivity index (χ0) is 16.7. The molecular weight excluding hydrogens is 302 g/mol. The van der Waals surface area contributed by atoms with Gasteiger partial charge in [-0.05, 0) is 35.6 Å². The SMILES string of the molecule is COc1cccc2c1N[C@H](c1ccccc1C(=O)O)[C@H]1CC=C[C@@H]21. The van der Waals surface area contributed by atoms with Gasteiger partial charge in [-0.15, -0.1) is 0 Å². The predicted molar refractivity (Wildman–Crippen MR) is 92.7 cm³/mol. The zero-order valence-corrected chi connectivity index (χ0v) is 13.4. The smallest absolute Gasteiger partial charge is 0.336 e. The third kappa shape index (κ3) is 2.18. The van der Waals surface area contributed by atoms with Crippen LogP contribution in [-0.2, 0) is 0 Å². The van der Waals surface area contributed by atoms with E-state index in [4.69, 9.17) is 4.74 Å². The molecule has 0 fully saturated rings. The zero-order valence-electron chi connectivity index (χ0n) is 13.4. The van der Waals surface area contributed by atoms with Gasteiger partial charge in [-0.25, -0.2) is 4.79 Å². The van der Waals surface area contributed by atoms with Crippen LogP contribution in [0, 0.1) is 5.92 Å². The predicted octanol–water partition coefficient (Wildman–Crippen LogP) is 4.22. The Morgan fingerprint density at radius 2 is 1.96 bits per heavy atom. The molecule has 122 valence electrons. The van der Waals surface area contributed by atoms with Crippen molar-refractivity contribution in [2.24, 2.45) is 5.92 Å². The minimum Gasteiger partial charge on any atom is -0.495 e. The lowest BCUT2D eigenvalue weighted by Gasteiger charge is -2.38. The number of hydrogen-bond donors (Lipinski definition) is 2. The normalized spacial score (nSPS) is 24.0. The van der Waals surface area contributed by atoms with E-state index in [0.717, 1.165) is 23.4 Å². The number of carbonyl (C=O) groups is 1. The van der Waals surface area contributed by atoms with Crippen molar-refractivity contribution in [2.75, 3.05) is 12.4 Å². The van der Waals surface area contributed by atoms with Crippen molar-refractivity contribution in [3.63, 3.8) is 0 Å². The van der Waals surface area contributed by atoms with Gasteiger partial charge in [0, 0.05) is 5.92 Å². The van der Waals surface area contributed by atoms with Crippen LogP contribution in [-0.4, -0.2) is 18.2 Å². The molecule has 0 bridgehead atoms. The Labute approximate surface area is 140 Å². The van der Waals surface area contributed by atoms with Crippen LogP contribution in [0.25, 0.3) is 0 Å². The Morgan fingerprint density at radius 3 is 2.75 bits per heavy atom. The van der Waals surface area contributed by atoms with E-state index in [2.05, 4.69) is 23.5 Å². The van der Waals surface area contributed by atoms with Gasteiger partial charge in [0.05, 0.1) is 24.4 Å². The van der Waals surface area contributed by atoms with Crippen LogP contribution in [0.3, 0.4) is 0 Å². The first kappa shape index (κ1) is 14.8. The molecular formula is C20H19NO3. The lowest BCUT2D eigenvalue weighted by atomic mass is 9.76. The molecule has 0 amide bonds. The van der Waals surface area contributed by atoms with Gasteiger partial charge < -0.3 is 15.2 Å². The fourth-order valence-electron chi connectivity index (χ4n) is 4.03. The summed E-state index contributed by atoms with van der Waals surface area (Å²) >= 11 is 0. The largest absolute Gasteiger partial charge is 0.495 e. The van der Waals surface area contributed by atoms with E-state index in [-0.39, 0.29) is 12.0 Å². The van der Waals surface area contributed by atoms with Gasteiger partial charge in [0.15, 0.2) is 0 Å². The van der Waals surface area contributed by atoms with Gasteiger partial charge in [-0.1, -0.05) is 42.5 Å². The summed E-state index contributed by atoms with van der Waals surface area (Å²) < 4.78 is 5.52. The number of para-hydroxylation sites is 1. The molecule has 0 aromatic heterocycles. The van der Waals surface area contributed by atoms with Crippen LogP contribution in [0.15, 0.2) is 54.6 Å². The van der Waals surface area contributed by atoms with Crippen molar-refractivity contribution in [3.8, 4) is 5.75 Å². The summed E-state index contributed by atoms with van der Waals surface area (Å²) in [6, 6.07) is 13.3. The highest BCUT2D eigenvalue weighted by Gasteiger charge is 2.40. The van der Waals surface area contributed by atoms with E-state index in [1.54, 1.807) is 19.2 Å². The third-order valence-corrected chi connectivity index (χ3v) is 5.10. The van der Waals surface area contributed by atoms with Gasteiger partial charge in [-0.2, -0.15) is 0 Å². The van der Waals surface area contributed by atoms with Crippen molar-refractivity contribution in [2.45, 2.75) is 18.4 Å². The Balaban J connectivity index is 1.86. The summed E-state index contributed by atoms with van der Waals surface area (Å²) in [5.41, 5.74) is 3.38. The molecule has 0 saturated carbocycles. The number of fused-ring (bicyclic) bond motifs is 3. The van der Waals surface area contributed by atoms with Crippen molar-refractivity contribution in [3.05, 3.63) is 71.3 Å². The third-order valence-electron chi connectivity index (χ3n) is 5.10. The molecule has 0 saturated heterocycles. The molecule has 2 aliphatic rings. The molecule has 0 spiro atoms. The first-order valence-corrected chi connectivity index (χ1v) is 8.13. The molecule has 1 heterocycles. The second kappa shape index (κ2) is 5.71. The average Bonchev–Trinajstić information content (AvgIpc) is 3.10. The second-order valence-electron chi connectivity index (χ2n) is 6.29. The number of carboxylic acids is 1. The molecule has 1 aliphatic heterocycles. The number of nitrogens with one attached hydrogen (secondary N) is 1. The summed E-state index contributed by atoms with van der Waals surface area (Å²) in [6.45, 7) is 0. The second-order valence-corrected chi connectivity index (χ2v) is 6.29. The highest BCUT2D eigenvalue weighted by molar-refractivity contribution is 5.90. The molecule has 0 unspecified atom stereocenters. The van der Waals surface area contributed by atoms with Crippen molar-refractivity contribution in [1.29, 1.82) is 0 Å². The van der Waals surface area contributed by atoms with Crippen molar-refractivity contribution in [1.82, 2.24) is 0 Å². The van der Waals surface area contributed by atoms with Crippen LogP contribution in [0.2, 0.25) is 0 Å². The van der Waals surface area contributed by atoms with E-state index in [0.29, 0.717) is 11.5 Å². The lowest BCUT2D eigenvalue weighted by molar-refractivity contribution is 0.0694. The van der Waals surface area contributed by atoms with E-state index >= 15 is 0 Å². The van der Waals surface area contributed by atoms with Crippen LogP contribution < -0.4 is 10.1 Å². The van der Waals surface area contributed by atoms with Crippen LogP contribution in [0.1, 0.15) is 39.9 Å². The van der Waals surface area contributed by atoms with E-state index in [1.165, 1.54) is 5.56 Å². The average molecular weight is 321 g/mol. The van der Waals surface area contributed by atoms with Gasteiger partial charge in [0.25, 0.3) is 0 Å². The maximum absolute atomic E-state index is 11.7. The minimum absolute atomic E-state index is 0.0545. The first-order chi connectivity index (χ1) is 11.7. The minimum atomic E-state index is -0.888. The summed E-state index contributed by atoms with van der Waals surface area (Å²) in [4.78, 5) is 11.7. The van der Waals surface area contributed by atoms with Crippen molar-refractivity contribution < 1.29 is 14.6 Å². The van der Waals surface area contributed by atoms with Crippen LogP contribution in [0.5, 0.6) is 5.75 Å². The highest BCUT2D eigenvalue weighted by Crippen LogP contribution is 2.52. The standard InChI is InChI=1S/C20H19NO3/c1-24-17-11-5-10-14-12-8-4-9-13(12)18(21-19(14)17)15-6-2-3-7-16(15)20(22)23/h2-8,10-13,18,21H,9H2,1H3,(H,22,23)/t12-,13+,18+/m1/s1. The van der Waals surface area contributed by atoms with Gasteiger partial charge in [0.2, 0.25) is 0 Å². The Hall–Kier alpha value is -2.75. The molecule has 1 aliphatic carbocycles. The highest BCUT2D eigenvalue weighted by atomic mass is 16.5. The number of rotatable bonds is 3. The number of ether oxygens (including phenoxy) is 1. The Morgan fingerprint density at radius 1 is 1.17 bits per heavy atom. The monoisotopic (exact) mass is 321 g/mol. The fourth-order valence-corrected chi connectivity index (χ4v) is 4.03. The first-order valence-electron chi connectivity index (χ1n) is 8.13. The Bertz CT molecular complexity index is 827. The molecule has 3 atom stereocenters. The number of carboxylic acid groups (broad SMARTS) is 1. The number of aromatic carboxylic acids is 1. The van der Waals surface area contributed by atoms with Gasteiger partial charge >= 0.3 is 5.97 Å². The number of allylic oxidation sites excluding steroid dienone is 2. The number of hydrogen-bond acceptors (Lipinski definition) is 3. The molecule has 2 aromatic rings. The van der Waals surface area contributed by atoms with Gasteiger partial charge in [0.1, 0.15) is 5.75 Å². The van der Waals surface area contributed by atoms with Crippen LogP contribution >= 0.6 is 0 Å². The van der Waals surface area contributed by atoms with Crippen molar-refractivity contribution >= 4 is 11.7 Å². The molecule has 4 nitrogen and oxygen atoms in total. The Kier molecular flexibility index (Phi) is 3.53. The number of methoxy groups -OCH3 is 1. The number of benzene rings is 2. The quantitative estimate of drug-likeness (QED) is 0.831. The molecule has 4 heteroatoms. The molecule has 24 heavy (non-hydrogen) atoms. The maximum atomic E-state index is 11.7. The van der Waals surface area contributed by atoms with E-state index in [1.807, 2.05) is 24.3 Å². The summed E-state index contributed by atoms with van der Waals surface area (Å²) in [5.74, 6) is 0.498. The topological polar surface area (TPSA) is 58.6 Å². The van der Waals surface area contributed by atoms with E-state index in [9.17, 15) is 9.90 Å². The molecule has 2 aromatic carbocycles. The molecule has 4 rings (SSSR count). The summed E-state index contributed by atoms with van der Waals surface area (Å²) in [5, 5.41) is 13.1. The number of anilines is 1. The molecule has 0 radical (unpaired) electrons. The van der Waals surface area contributed by atoms with E-state index < -0.39 is 5.97 Å². The summed E-state index contributed by atoms with van der Waals surface area (Å²) in [6.07, 6.45) is 5.37. The fraction of sp³-hybridized carbons (Fsp3) is 0.250. The summed E-state index contributed by atoms with van der Waals surface area (Å²) in [7, 11) is 1.66. The maximum Gasteiger partial charge on any atom is 0.336 e.